The molecular formula is C22H29N3O2. The molecule has 0 bridgehead atoms. The first kappa shape index (κ1) is 19.5. The summed E-state index contributed by atoms with van der Waals surface area (Å²) in [5.74, 6) is 0.412. The van der Waals surface area contributed by atoms with Crippen LogP contribution in [0.5, 0.6) is 0 Å². The van der Waals surface area contributed by atoms with E-state index in [1.165, 1.54) is 6.42 Å². The number of carbonyl (C=O) groups is 1. The van der Waals surface area contributed by atoms with Gasteiger partial charge in [-0.2, -0.15) is 0 Å². The minimum absolute atomic E-state index is 0.269. The first-order valence-corrected chi connectivity index (χ1v) is 9.71. The van der Waals surface area contributed by atoms with Gasteiger partial charge >= 0.3 is 5.97 Å². The molecule has 0 aliphatic carbocycles. The second-order valence-electron chi connectivity index (χ2n) is 8.24. The average molecular weight is 367 g/mol. The van der Waals surface area contributed by atoms with E-state index in [0.717, 1.165) is 49.2 Å². The maximum absolute atomic E-state index is 11.7. The molecule has 5 heteroatoms. The normalized spacial score (nSPS) is 18.4. The van der Waals surface area contributed by atoms with Crippen LogP contribution in [0.25, 0.3) is 11.0 Å². The Morgan fingerprint density at radius 3 is 3.00 bits per heavy atom. The third-order valence-corrected chi connectivity index (χ3v) is 4.72. The molecular weight excluding hydrogens is 338 g/mol. The van der Waals surface area contributed by atoms with Crippen molar-refractivity contribution in [3.8, 4) is 0 Å². The third kappa shape index (κ3) is 6.14. The van der Waals surface area contributed by atoms with Gasteiger partial charge < -0.3 is 4.74 Å². The van der Waals surface area contributed by atoms with Crippen molar-refractivity contribution >= 4 is 17.0 Å². The van der Waals surface area contributed by atoms with Crippen molar-refractivity contribution in [2.45, 2.75) is 45.6 Å². The number of nitrogens with zero attached hydrogens (tertiary/aromatic N) is 3. The van der Waals surface area contributed by atoms with Crippen molar-refractivity contribution in [1.82, 2.24) is 14.9 Å². The van der Waals surface area contributed by atoms with Gasteiger partial charge in [-0.25, -0.2) is 14.8 Å². The number of hydrogen-bond donors (Lipinski definition) is 0. The van der Waals surface area contributed by atoms with Crippen LogP contribution >= 0.6 is 0 Å². The molecule has 0 radical (unpaired) electrons. The van der Waals surface area contributed by atoms with Crippen LogP contribution in [-0.2, 0) is 16.0 Å². The van der Waals surface area contributed by atoms with Crippen LogP contribution in [0.2, 0.25) is 0 Å². The van der Waals surface area contributed by atoms with E-state index in [1.54, 1.807) is 12.3 Å². The SMILES string of the molecule is CC(C)(C)OC(=O)C=CCN1CC[C@@H](CCc2ccc3cccnc3n2)C1. The second-order valence-corrected chi connectivity index (χ2v) is 8.24. The Bertz CT molecular complexity index is 811. The Labute approximate surface area is 161 Å². The minimum atomic E-state index is -0.438. The summed E-state index contributed by atoms with van der Waals surface area (Å²) < 4.78 is 5.29. The summed E-state index contributed by atoms with van der Waals surface area (Å²) in [6, 6.07) is 8.19. The Morgan fingerprint density at radius 1 is 1.33 bits per heavy atom. The van der Waals surface area contributed by atoms with Gasteiger partial charge in [0.05, 0.1) is 0 Å². The van der Waals surface area contributed by atoms with Crippen LogP contribution in [0.4, 0.5) is 0 Å². The lowest BCUT2D eigenvalue weighted by molar-refractivity contribution is -0.148. The molecule has 0 N–H and O–H groups in total. The highest BCUT2D eigenvalue weighted by atomic mass is 16.6. The quantitative estimate of drug-likeness (QED) is 0.574. The molecule has 1 atom stereocenters. The lowest BCUT2D eigenvalue weighted by Gasteiger charge is -2.18. The minimum Gasteiger partial charge on any atom is -0.457 e. The summed E-state index contributed by atoms with van der Waals surface area (Å²) in [4.78, 5) is 23.1. The molecule has 0 aromatic carbocycles. The number of aromatic nitrogens is 2. The molecule has 0 saturated carbocycles. The van der Waals surface area contributed by atoms with Crippen molar-refractivity contribution in [1.29, 1.82) is 0 Å². The highest BCUT2D eigenvalue weighted by molar-refractivity contribution is 5.82. The fourth-order valence-electron chi connectivity index (χ4n) is 3.43. The lowest BCUT2D eigenvalue weighted by Crippen LogP contribution is -2.23. The van der Waals surface area contributed by atoms with Crippen LogP contribution < -0.4 is 0 Å². The maximum atomic E-state index is 11.7. The average Bonchev–Trinajstić information content (AvgIpc) is 3.06. The first-order chi connectivity index (χ1) is 12.9. The number of pyridine rings is 2. The van der Waals surface area contributed by atoms with Gasteiger partial charge in [-0.05, 0) is 76.8 Å². The number of fused-ring (bicyclic) bond motifs is 1. The molecule has 2 aromatic rings. The topological polar surface area (TPSA) is 55.3 Å². The van der Waals surface area contributed by atoms with E-state index in [4.69, 9.17) is 4.74 Å². The molecule has 1 aliphatic heterocycles. The largest absolute Gasteiger partial charge is 0.457 e. The predicted octanol–water partition coefficient (Wildman–Crippen LogP) is 3.78. The van der Waals surface area contributed by atoms with Gasteiger partial charge in [-0.15, -0.1) is 0 Å². The number of carbonyl (C=O) groups excluding carboxylic acids is 1. The smallest absolute Gasteiger partial charge is 0.330 e. The van der Waals surface area contributed by atoms with Crippen LogP contribution in [0.1, 0.15) is 39.3 Å². The molecule has 144 valence electrons. The lowest BCUT2D eigenvalue weighted by atomic mass is 10.0. The van der Waals surface area contributed by atoms with Crippen molar-refractivity contribution in [2.24, 2.45) is 5.92 Å². The number of aryl methyl sites for hydroxylation is 1. The number of rotatable bonds is 6. The molecule has 5 nitrogen and oxygen atoms in total. The van der Waals surface area contributed by atoms with Gasteiger partial charge in [0.15, 0.2) is 5.65 Å². The van der Waals surface area contributed by atoms with E-state index < -0.39 is 5.60 Å². The third-order valence-electron chi connectivity index (χ3n) is 4.72. The molecule has 27 heavy (non-hydrogen) atoms. The molecule has 0 amide bonds. The predicted molar refractivity (Wildman–Crippen MR) is 107 cm³/mol. The highest BCUT2D eigenvalue weighted by Crippen LogP contribution is 2.21. The molecule has 0 spiro atoms. The van der Waals surface area contributed by atoms with Crippen LogP contribution in [0.3, 0.4) is 0 Å². The van der Waals surface area contributed by atoms with Gasteiger partial charge in [0.25, 0.3) is 0 Å². The van der Waals surface area contributed by atoms with Crippen LogP contribution in [-0.4, -0.2) is 46.1 Å². The van der Waals surface area contributed by atoms with Gasteiger partial charge in [0.2, 0.25) is 0 Å². The molecule has 3 rings (SSSR count). The van der Waals surface area contributed by atoms with E-state index in [2.05, 4.69) is 27.0 Å². The fourth-order valence-corrected chi connectivity index (χ4v) is 3.43. The van der Waals surface area contributed by atoms with E-state index >= 15 is 0 Å². The van der Waals surface area contributed by atoms with Crippen molar-refractivity contribution in [3.05, 3.63) is 48.3 Å². The van der Waals surface area contributed by atoms with Crippen molar-refractivity contribution < 1.29 is 9.53 Å². The maximum Gasteiger partial charge on any atom is 0.330 e. The van der Waals surface area contributed by atoms with E-state index in [9.17, 15) is 4.79 Å². The molecule has 3 heterocycles. The zero-order valence-electron chi connectivity index (χ0n) is 16.5. The Kier molecular flexibility index (Phi) is 6.22. The van der Waals surface area contributed by atoms with Crippen molar-refractivity contribution in [3.63, 3.8) is 0 Å². The Morgan fingerprint density at radius 2 is 2.19 bits per heavy atom. The van der Waals surface area contributed by atoms with E-state index in [1.807, 2.05) is 39.0 Å². The van der Waals surface area contributed by atoms with Gasteiger partial charge in [-0.1, -0.05) is 6.08 Å². The summed E-state index contributed by atoms with van der Waals surface area (Å²) in [7, 11) is 0. The Hall–Kier alpha value is -2.27. The summed E-state index contributed by atoms with van der Waals surface area (Å²) in [6.45, 7) is 8.59. The number of esters is 1. The Balaban J connectivity index is 1.42. The van der Waals surface area contributed by atoms with Gasteiger partial charge in [-0.3, -0.25) is 4.90 Å². The summed E-state index contributed by atoms with van der Waals surface area (Å²) in [6.07, 6.45) is 8.57. The molecule has 0 unspecified atom stereocenters. The van der Waals surface area contributed by atoms with Crippen LogP contribution in [0, 0.1) is 5.92 Å². The standard InChI is InChI=1S/C22H29N3O2/c1-22(2,3)27-20(26)7-5-14-25-15-12-17(16-25)8-10-19-11-9-18-6-4-13-23-21(18)24-19/h4-7,9,11,13,17H,8,10,12,14-16H2,1-3H3/t17-/m1/s1. The zero-order valence-corrected chi connectivity index (χ0v) is 16.5. The zero-order chi connectivity index (χ0) is 19.3. The second kappa shape index (κ2) is 8.61. The molecule has 1 fully saturated rings. The van der Waals surface area contributed by atoms with E-state index in [0.29, 0.717) is 5.92 Å². The molecule has 2 aromatic heterocycles. The van der Waals surface area contributed by atoms with Gasteiger partial charge in [0, 0.05) is 36.4 Å². The summed E-state index contributed by atoms with van der Waals surface area (Å²) >= 11 is 0. The summed E-state index contributed by atoms with van der Waals surface area (Å²) in [5.41, 5.74) is 1.51. The molecule has 1 saturated heterocycles. The first-order valence-electron chi connectivity index (χ1n) is 9.71. The number of ether oxygens (including phenoxy) is 1. The highest BCUT2D eigenvalue weighted by Gasteiger charge is 2.21. The monoisotopic (exact) mass is 367 g/mol. The number of hydrogen-bond acceptors (Lipinski definition) is 5. The van der Waals surface area contributed by atoms with Crippen LogP contribution in [0.15, 0.2) is 42.6 Å². The van der Waals surface area contributed by atoms with E-state index in [-0.39, 0.29) is 5.97 Å². The number of likely N-dealkylation sites (tertiary alicyclic amines) is 1. The van der Waals surface area contributed by atoms with Gasteiger partial charge in [0.1, 0.15) is 5.60 Å². The summed E-state index contributed by atoms with van der Waals surface area (Å²) in [5, 5.41) is 1.09. The molecule has 1 aliphatic rings. The fraction of sp³-hybridized carbons (Fsp3) is 0.500. The van der Waals surface area contributed by atoms with Crippen molar-refractivity contribution in [2.75, 3.05) is 19.6 Å².